The molecular formula is C19H30N2O2S. The fraction of sp³-hybridized carbons (Fsp3) is 0.684. The molecule has 5 heteroatoms. The van der Waals surface area contributed by atoms with Gasteiger partial charge in [0.05, 0.1) is 4.90 Å². The minimum atomic E-state index is -3.39. The molecule has 1 aromatic carbocycles. The number of nitrogens with one attached hydrogen (secondary N) is 1. The third-order valence-electron chi connectivity index (χ3n) is 5.84. The smallest absolute Gasteiger partial charge is 0.240 e. The van der Waals surface area contributed by atoms with E-state index in [1.165, 1.54) is 25.7 Å². The van der Waals surface area contributed by atoms with Gasteiger partial charge in [-0.2, -0.15) is 0 Å². The third-order valence-corrected chi connectivity index (χ3v) is 7.26. The number of sulfonamides is 1. The van der Waals surface area contributed by atoms with Crippen molar-refractivity contribution in [2.24, 2.45) is 5.92 Å². The lowest BCUT2D eigenvalue weighted by Gasteiger charge is -2.36. The quantitative estimate of drug-likeness (QED) is 0.887. The second kappa shape index (κ2) is 7.54. The molecule has 1 N–H and O–H groups in total. The van der Waals surface area contributed by atoms with Crippen LogP contribution in [0.5, 0.6) is 0 Å². The Hall–Kier alpha value is -0.910. The van der Waals surface area contributed by atoms with Gasteiger partial charge in [0.1, 0.15) is 0 Å². The molecule has 24 heavy (non-hydrogen) atoms. The topological polar surface area (TPSA) is 49.4 Å². The second-order valence-corrected chi connectivity index (χ2v) is 9.28. The lowest BCUT2D eigenvalue weighted by Crippen LogP contribution is -2.42. The molecule has 1 heterocycles. The maximum absolute atomic E-state index is 12.5. The number of hydrogen-bond acceptors (Lipinski definition) is 3. The highest BCUT2D eigenvalue weighted by atomic mass is 32.2. The van der Waals surface area contributed by atoms with Crippen LogP contribution in [0.3, 0.4) is 0 Å². The molecule has 1 aromatic rings. The van der Waals surface area contributed by atoms with Gasteiger partial charge in [0, 0.05) is 12.6 Å². The molecule has 0 spiro atoms. The van der Waals surface area contributed by atoms with Crippen LogP contribution in [-0.4, -0.2) is 39.0 Å². The minimum absolute atomic E-state index is 0.383. The van der Waals surface area contributed by atoms with E-state index in [2.05, 4.69) is 9.62 Å². The van der Waals surface area contributed by atoms with Crippen LogP contribution in [-0.2, 0) is 10.0 Å². The summed E-state index contributed by atoms with van der Waals surface area (Å²) in [5.74, 6) is 0.462. The van der Waals surface area contributed by atoms with Crippen LogP contribution in [0.1, 0.15) is 49.7 Å². The van der Waals surface area contributed by atoms with Crippen LogP contribution >= 0.6 is 0 Å². The van der Waals surface area contributed by atoms with Crippen LogP contribution in [0.25, 0.3) is 0 Å². The van der Waals surface area contributed by atoms with Crippen LogP contribution < -0.4 is 4.72 Å². The van der Waals surface area contributed by atoms with Gasteiger partial charge < -0.3 is 4.90 Å². The van der Waals surface area contributed by atoms with E-state index in [1.807, 2.05) is 19.9 Å². The summed E-state index contributed by atoms with van der Waals surface area (Å²) in [5, 5.41) is 0. The van der Waals surface area contributed by atoms with Crippen LogP contribution in [0.15, 0.2) is 23.1 Å². The fourth-order valence-electron chi connectivity index (χ4n) is 3.98. The van der Waals surface area contributed by atoms with Crippen molar-refractivity contribution in [2.45, 2.75) is 63.3 Å². The lowest BCUT2D eigenvalue weighted by molar-refractivity contribution is 0.135. The summed E-state index contributed by atoms with van der Waals surface area (Å²) >= 11 is 0. The predicted octanol–water partition coefficient (Wildman–Crippen LogP) is 3.24. The molecule has 1 saturated heterocycles. The van der Waals surface area contributed by atoms with Gasteiger partial charge in [0.15, 0.2) is 0 Å². The van der Waals surface area contributed by atoms with Gasteiger partial charge in [0.25, 0.3) is 0 Å². The Labute approximate surface area is 146 Å². The molecule has 2 aliphatic rings. The Kier molecular flexibility index (Phi) is 5.63. The summed E-state index contributed by atoms with van der Waals surface area (Å²) in [6, 6.07) is 6.13. The first-order chi connectivity index (χ1) is 11.5. The third kappa shape index (κ3) is 4.19. The molecule has 4 nitrogen and oxygen atoms in total. The minimum Gasteiger partial charge on any atom is -0.300 e. The van der Waals surface area contributed by atoms with E-state index in [0.29, 0.717) is 17.4 Å². The zero-order valence-electron chi connectivity index (χ0n) is 14.9. The van der Waals surface area contributed by atoms with Gasteiger partial charge in [-0.3, -0.25) is 0 Å². The fourth-order valence-corrected chi connectivity index (χ4v) is 5.18. The molecule has 2 fully saturated rings. The normalized spacial score (nSPS) is 21.4. The van der Waals surface area contributed by atoms with Crippen molar-refractivity contribution < 1.29 is 8.42 Å². The van der Waals surface area contributed by atoms with E-state index < -0.39 is 10.0 Å². The zero-order valence-corrected chi connectivity index (χ0v) is 15.7. The van der Waals surface area contributed by atoms with Crippen molar-refractivity contribution in [3.8, 4) is 0 Å². The first-order valence-electron chi connectivity index (χ1n) is 9.27. The predicted molar refractivity (Wildman–Crippen MR) is 97.7 cm³/mol. The van der Waals surface area contributed by atoms with Crippen molar-refractivity contribution in [2.75, 3.05) is 19.6 Å². The molecule has 0 aromatic heterocycles. The van der Waals surface area contributed by atoms with Crippen molar-refractivity contribution in [1.29, 1.82) is 0 Å². The van der Waals surface area contributed by atoms with Gasteiger partial charge in [0.2, 0.25) is 10.0 Å². The zero-order chi connectivity index (χ0) is 17.2. The van der Waals surface area contributed by atoms with Crippen LogP contribution in [0, 0.1) is 19.8 Å². The summed E-state index contributed by atoms with van der Waals surface area (Å²) in [6.45, 7) is 6.76. The summed E-state index contributed by atoms with van der Waals surface area (Å²) in [4.78, 5) is 3.01. The number of rotatable bonds is 5. The summed E-state index contributed by atoms with van der Waals surface area (Å²) < 4.78 is 27.8. The number of hydrogen-bond donors (Lipinski definition) is 1. The number of benzene rings is 1. The highest BCUT2D eigenvalue weighted by Gasteiger charge is 2.27. The maximum Gasteiger partial charge on any atom is 0.240 e. The highest BCUT2D eigenvalue weighted by Crippen LogP contribution is 2.27. The van der Waals surface area contributed by atoms with Crippen molar-refractivity contribution >= 4 is 10.0 Å². The van der Waals surface area contributed by atoms with Gasteiger partial charge in [-0.1, -0.05) is 18.9 Å². The highest BCUT2D eigenvalue weighted by molar-refractivity contribution is 7.89. The Morgan fingerprint density at radius 2 is 1.71 bits per heavy atom. The van der Waals surface area contributed by atoms with Crippen molar-refractivity contribution in [1.82, 2.24) is 9.62 Å². The van der Waals surface area contributed by atoms with Gasteiger partial charge in [-0.25, -0.2) is 13.1 Å². The molecule has 3 rings (SSSR count). The van der Waals surface area contributed by atoms with E-state index in [4.69, 9.17) is 0 Å². The monoisotopic (exact) mass is 350 g/mol. The second-order valence-electron chi connectivity index (χ2n) is 7.52. The molecule has 0 unspecified atom stereocenters. The Bertz CT molecular complexity index is 658. The van der Waals surface area contributed by atoms with Gasteiger partial charge in [-0.15, -0.1) is 0 Å². The average molecular weight is 351 g/mol. The van der Waals surface area contributed by atoms with Gasteiger partial charge >= 0.3 is 0 Å². The molecular weight excluding hydrogens is 320 g/mol. The number of likely N-dealkylation sites (tertiary alicyclic amines) is 1. The van der Waals surface area contributed by atoms with E-state index in [9.17, 15) is 8.42 Å². The summed E-state index contributed by atoms with van der Waals surface area (Å²) in [5.41, 5.74) is 2.14. The molecule has 0 bridgehead atoms. The Balaban J connectivity index is 1.51. The molecule has 1 aliphatic heterocycles. The Morgan fingerprint density at radius 3 is 2.33 bits per heavy atom. The number of nitrogens with zero attached hydrogens (tertiary/aromatic N) is 1. The van der Waals surface area contributed by atoms with E-state index >= 15 is 0 Å². The standard InChI is InChI=1S/C19H30N2O2S/c1-15-7-8-19(13-16(15)2)24(22,23)20-14-17-9-11-21(12-10-17)18-5-3-4-6-18/h7-8,13,17-18,20H,3-6,9-12,14H2,1-2H3. The number of piperidine rings is 1. The van der Waals surface area contributed by atoms with E-state index in [-0.39, 0.29) is 0 Å². The summed E-state index contributed by atoms with van der Waals surface area (Å²) in [6.07, 6.45) is 7.66. The molecule has 134 valence electrons. The molecule has 1 saturated carbocycles. The number of aryl methyl sites for hydroxylation is 2. The average Bonchev–Trinajstić information content (AvgIpc) is 3.10. The van der Waals surface area contributed by atoms with Crippen LogP contribution in [0.2, 0.25) is 0 Å². The first-order valence-corrected chi connectivity index (χ1v) is 10.7. The molecule has 0 amide bonds. The molecule has 0 radical (unpaired) electrons. The Morgan fingerprint density at radius 1 is 1.04 bits per heavy atom. The van der Waals surface area contributed by atoms with Crippen LogP contribution in [0.4, 0.5) is 0 Å². The van der Waals surface area contributed by atoms with E-state index in [0.717, 1.165) is 43.1 Å². The van der Waals surface area contributed by atoms with E-state index in [1.54, 1.807) is 12.1 Å². The van der Waals surface area contributed by atoms with Crippen molar-refractivity contribution in [3.63, 3.8) is 0 Å². The van der Waals surface area contributed by atoms with Crippen molar-refractivity contribution in [3.05, 3.63) is 29.3 Å². The first kappa shape index (κ1) is 17.9. The van der Waals surface area contributed by atoms with Gasteiger partial charge in [-0.05, 0) is 81.8 Å². The maximum atomic E-state index is 12.5. The largest absolute Gasteiger partial charge is 0.300 e. The SMILES string of the molecule is Cc1ccc(S(=O)(=O)NCC2CCN(C3CCCC3)CC2)cc1C. The molecule has 0 atom stereocenters. The summed E-state index contributed by atoms with van der Waals surface area (Å²) in [7, 11) is -3.39. The lowest BCUT2D eigenvalue weighted by atomic mass is 9.96. The molecule has 1 aliphatic carbocycles.